The van der Waals surface area contributed by atoms with Crippen LogP contribution >= 0.6 is 15.9 Å². The molecule has 2 heterocycles. The molecule has 8 aromatic rings. The lowest BCUT2D eigenvalue weighted by atomic mass is 9.63. The van der Waals surface area contributed by atoms with Crippen LogP contribution in [-0.4, -0.2) is 46.8 Å². The zero-order valence-corrected chi connectivity index (χ0v) is 38.7. The number of fused-ring (bicyclic) bond motifs is 4. The number of likely N-dealkylation sites (tertiary alicyclic amines) is 1. The highest BCUT2D eigenvalue weighted by molar-refractivity contribution is 9.10. The Morgan fingerprint density at radius 2 is 1.54 bits per heavy atom. The minimum atomic E-state index is -0.323. The van der Waals surface area contributed by atoms with Crippen LogP contribution in [0, 0.1) is 12.8 Å². The highest BCUT2D eigenvalue weighted by atomic mass is 79.9. The fourth-order valence-corrected chi connectivity index (χ4v) is 16.4. The molecule has 7 aromatic carbocycles. The Hall–Kier alpha value is -6.74. The quantitative estimate of drug-likeness (QED) is 0.106. The minimum Gasteiger partial charge on any atom is -0.321 e. The van der Waals surface area contributed by atoms with Gasteiger partial charge < -0.3 is 4.48 Å². The fourth-order valence-electron chi connectivity index (χ4n) is 16.1. The molecule has 0 radical (unpaired) electrons. The number of nitrogens with one attached hydrogen (secondary N) is 1. The van der Waals surface area contributed by atoms with Gasteiger partial charge in [-0.2, -0.15) is 5.10 Å². The molecule has 1 saturated heterocycles. The standard InChI is InChI=1S/C59H40BrN5O2/c1-25-62-41-15-12-35(60)22-38(41)59(67)64(25)36-13-10-28(11-14-36)58(66)63-61-23-26-4-6-27(7-5-26)57-48-39-21-34-19-32-17-30-9-8-29-16-31-18-33-20-37(40(48)24-65(57,2)3)49-50(39)54-47(34)45(32)52-43(30)42(29)51-44(31)46(33)53(49)56(54)55(51)52/h4-15,17,20-23,31,40,48,55-57H,16,18-19,24H2,1-3H3/p+1/b61-23+. The smallest absolute Gasteiger partial charge is 0.271 e. The van der Waals surface area contributed by atoms with Gasteiger partial charge in [-0.25, -0.2) is 10.4 Å². The van der Waals surface area contributed by atoms with Crippen molar-refractivity contribution >= 4 is 60.9 Å². The average molecular weight is 932 g/mol. The van der Waals surface area contributed by atoms with Crippen LogP contribution in [0.15, 0.2) is 111 Å². The van der Waals surface area contributed by atoms with E-state index in [0.717, 1.165) is 27.5 Å². The second-order valence-electron chi connectivity index (χ2n) is 21.6. The molecular weight excluding hydrogens is 891 g/mol. The molecule has 1 N–H and O–H groups in total. The lowest BCUT2D eigenvalue weighted by molar-refractivity contribution is -0.909. The molecule has 1 fully saturated rings. The minimum absolute atomic E-state index is 0.159. The van der Waals surface area contributed by atoms with Crippen LogP contribution in [0.25, 0.3) is 60.8 Å². The Labute approximate surface area is 394 Å². The summed E-state index contributed by atoms with van der Waals surface area (Å²) in [5.74, 6) is 2.57. The molecule has 9 aliphatic rings. The summed E-state index contributed by atoms with van der Waals surface area (Å²) >= 11 is 3.47. The Kier molecular flexibility index (Phi) is 6.34. The molecule has 1 amide bonds. The van der Waals surface area contributed by atoms with Crippen molar-refractivity contribution in [2.24, 2.45) is 11.0 Å². The maximum Gasteiger partial charge on any atom is 0.271 e. The van der Waals surface area contributed by atoms with Gasteiger partial charge in [-0.05, 0) is 186 Å². The highest BCUT2D eigenvalue weighted by Crippen LogP contribution is 2.78. The number of nitrogens with zero attached hydrogens (tertiary/aromatic N) is 4. The third-order valence-electron chi connectivity index (χ3n) is 18.1. The molecule has 1 aliphatic heterocycles. The van der Waals surface area contributed by atoms with Crippen molar-refractivity contribution in [1.82, 2.24) is 15.0 Å². The van der Waals surface area contributed by atoms with E-state index >= 15 is 0 Å². The van der Waals surface area contributed by atoms with Gasteiger partial charge in [0.15, 0.2) is 0 Å². The molecule has 7 nitrogen and oxygen atoms in total. The van der Waals surface area contributed by atoms with Crippen LogP contribution < -0.4 is 11.0 Å². The molecule has 6 atom stereocenters. The second-order valence-corrected chi connectivity index (χ2v) is 22.5. The maximum atomic E-state index is 13.5. The number of benzene rings is 7. The predicted molar refractivity (Wildman–Crippen MR) is 266 cm³/mol. The van der Waals surface area contributed by atoms with E-state index in [1.807, 2.05) is 19.1 Å². The van der Waals surface area contributed by atoms with E-state index in [1.165, 1.54) is 23.8 Å². The first-order chi connectivity index (χ1) is 32.6. The number of amides is 1. The van der Waals surface area contributed by atoms with Crippen molar-refractivity contribution in [2.75, 3.05) is 20.6 Å². The Balaban J connectivity index is 0.717. The molecule has 320 valence electrons. The van der Waals surface area contributed by atoms with Crippen molar-refractivity contribution in [3.8, 4) is 27.9 Å². The van der Waals surface area contributed by atoms with Crippen molar-refractivity contribution in [2.45, 2.75) is 55.9 Å². The van der Waals surface area contributed by atoms with Gasteiger partial charge in [0.2, 0.25) is 0 Å². The largest absolute Gasteiger partial charge is 0.321 e. The van der Waals surface area contributed by atoms with Gasteiger partial charge in [-0.1, -0.05) is 70.5 Å². The number of aryl methyl sites for hydroxylation is 1. The van der Waals surface area contributed by atoms with Gasteiger partial charge in [0.1, 0.15) is 11.9 Å². The van der Waals surface area contributed by atoms with Crippen LogP contribution in [-0.2, 0) is 19.3 Å². The van der Waals surface area contributed by atoms with Crippen molar-refractivity contribution in [3.05, 3.63) is 196 Å². The van der Waals surface area contributed by atoms with E-state index in [-0.39, 0.29) is 17.5 Å². The maximum absolute atomic E-state index is 13.5. The number of hydrogen-bond donors (Lipinski definition) is 1. The normalized spacial score (nSPS) is 24.0. The summed E-state index contributed by atoms with van der Waals surface area (Å²) in [5.41, 5.74) is 34.6. The molecule has 0 bridgehead atoms. The summed E-state index contributed by atoms with van der Waals surface area (Å²) in [6.07, 6.45) is 5.13. The Morgan fingerprint density at radius 3 is 2.39 bits per heavy atom. The topological polar surface area (TPSA) is 76.3 Å². The zero-order valence-electron chi connectivity index (χ0n) is 37.1. The summed E-state index contributed by atoms with van der Waals surface area (Å²) in [6, 6.07) is 34.7. The van der Waals surface area contributed by atoms with E-state index < -0.39 is 0 Å². The average Bonchev–Trinajstić information content (AvgIpc) is 4.12. The zero-order chi connectivity index (χ0) is 44.3. The molecule has 17 rings (SSSR count). The van der Waals surface area contributed by atoms with Crippen molar-refractivity contribution in [3.63, 3.8) is 0 Å². The number of carbonyl (C=O) groups excluding carboxylic acids is 1. The fraction of sp³-hybridized carbons (Fsp3) is 0.220. The lowest BCUT2D eigenvalue weighted by Gasteiger charge is -2.39. The van der Waals surface area contributed by atoms with E-state index in [0.29, 0.717) is 57.6 Å². The molecule has 1 aromatic heterocycles. The Bertz CT molecular complexity index is 3970. The summed E-state index contributed by atoms with van der Waals surface area (Å²) < 4.78 is 3.32. The molecule has 6 unspecified atom stereocenters. The summed E-state index contributed by atoms with van der Waals surface area (Å²) in [4.78, 5) is 31.4. The van der Waals surface area contributed by atoms with E-state index in [1.54, 1.807) is 141 Å². The number of carbonyl (C=O) groups is 1. The third kappa shape index (κ3) is 4.15. The number of aromatic nitrogens is 2. The number of hydrogen-bond acceptors (Lipinski definition) is 4. The first-order valence-corrected chi connectivity index (χ1v) is 24.7. The van der Waals surface area contributed by atoms with Gasteiger partial charge in [0.05, 0.1) is 49.4 Å². The monoisotopic (exact) mass is 930 g/mol. The van der Waals surface area contributed by atoms with Gasteiger partial charge in [0, 0.05) is 33.4 Å². The molecule has 8 aliphatic carbocycles. The van der Waals surface area contributed by atoms with Crippen LogP contribution in [0.5, 0.6) is 0 Å². The number of halogens is 1. The summed E-state index contributed by atoms with van der Waals surface area (Å²) in [5, 5.41) is 7.98. The number of allylic oxidation sites excluding steroid dienone is 2. The summed E-state index contributed by atoms with van der Waals surface area (Å²) in [7, 11) is 4.93. The SMILES string of the molecule is Cc1nc2ccc(Br)cc2c(=O)n1-c1ccc(C(=O)N/N=C/c2ccc(C3C4c5cc6c7c8c5-c5c(cc9c%10c5C8C5C8=C%10C(C9)Cc9ccc%10cc(c-7c5c%10c98)C6)C4C[N+]3(C)C)cc2)cc1. The predicted octanol–water partition coefficient (Wildman–Crippen LogP) is 11.1. The van der Waals surface area contributed by atoms with Crippen LogP contribution in [0.1, 0.15) is 118 Å². The van der Waals surface area contributed by atoms with Crippen molar-refractivity contribution in [1.29, 1.82) is 0 Å². The first-order valence-electron chi connectivity index (χ1n) is 23.9. The van der Waals surface area contributed by atoms with E-state index in [2.05, 4.69) is 100 Å². The van der Waals surface area contributed by atoms with E-state index in [4.69, 9.17) is 0 Å². The lowest BCUT2D eigenvalue weighted by Crippen LogP contribution is -2.39. The first kappa shape index (κ1) is 36.4. The number of hydrazone groups is 1. The number of likely N-dealkylation sites (N-methyl/N-ethyl adjacent to an activating group) is 1. The van der Waals surface area contributed by atoms with Gasteiger partial charge in [0.25, 0.3) is 11.5 Å². The highest BCUT2D eigenvalue weighted by Gasteiger charge is 2.62. The van der Waals surface area contributed by atoms with Gasteiger partial charge in [-0.3, -0.25) is 14.2 Å². The molecule has 67 heavy (non-hydrogen) atoms. The molecule has 8 heteroatoms. The van der Waals surface area contributed by atoms with E-state index in [9.17, 15) is 9.59 Å². The molecule has 0 saturated carbocycles. The third-order valence-corrected chi connectivity index (χ3v) is 18.6. The second kappa shape index (κ2) is 11.7. The summed E-state index contributed by atoms with van der Waals surface area (Å²) in [6.45, 7) is 2.92. The van der Waals surface area contributed by atoms with Crippen molar-refractivity contribution < 1.29 is 9.28 Å². The number of rotatable bonds is 5. The van der Waals surface area contributed by atoms with Crippen LogP contribution in [0.4, 0.5) is 0 Å². The van der Waals surface area contributed by atoms with Crippen LogP contribution in [0.2, 0.25) is 0 Å². The van der Waals surface area contributed by atoms with Crippen LogP contribution in [0.3, 0.4) is 0 Å². The number of quaternary nitrogens is 1. The molecule has 0 spiro atoms. The van der Waals surface area contributed by atoms with Gasteiger partial charge in [-0.15, -0.1) is 0 Å². The molecular formula is C59H41BrN5O2+. The van der Waals surface area contributed by atoms with Gasteiger partial charge >= 0.3 is 0 Å². The Morgan fingerprint density at radius 1 is 0.776 bits per heavy atom.